The molecule has 3 aromatic rings. The topological polar surface area (TPSA) is 42.1 Å². The van der Waals surface area contributed by atoms with Gasteiger partial charge in [-0.2, -0.15) is 0 Å². The number of hydrogen-bond acceptors (Lipinski definition) is 3. The van der Waals surface area contributed by atoms with Crippen LogP contribution >= 0.6 is 27.3 Å². The first-order valence-electron chi connectivity index (χ1n) is 5.57. The lowest BCUT2D eigenvalue weighted by atomic mass is 10.2. The Morgan fingerprint density at radius 3 is 3.11 bits per heavy atom. The van der Waals surface area contributed by atoms with E-state index < -0.39 is 0 Å². The molecule has 0 aliphatic heterocycles. The maximum Gasteiger partial charge on any atom is 0.354 e. The molecule has 2 aromatic heterocycles. The Hall–Kier alpha value is -1.33. The summed E-state index contributed by atoms with van der Waals surface area (Å²) in [4.78, 5) is 15.8. The van der Waals surface area contributed by atoms with Gasteiger partial charge in [0.15, 0.2) is 0 Å². The summed E-state index contributed by atoms with van der Waals surface area (Å²) in [5.41, 5.74) is 0.510. The Bertz CT molecular complexity index is 744. The molecule has 2 heterocycles. The number of aromatic nitrogens is 1. The van der Waals surface area contributed by atoms with E-state index in [4.69, 9.17) is 4.74 Å². The smallest absolute Gasteiger partial charge is 0.354 e. The molecule has 18 heavy (non-hydrogen) atoms. The Labute approximate surface area is 116 Å². The van der Waals surface area contributed by atoms with Crippen molar-refractivity contribution in [1.82, 2.24) is 4.98 Å². The zero-order chi connectivity index (χ0) is 12.7. The molecule has 1 N–H and O–H groups in total. The Kier molecular flexibility index (Phi) is 2.87. The summed E-state index contributed by atoms with van der Waals surface area (Å²) in [7, 11) is 0. The zero-order valence-electron chi connectivity index (χ0n) is 9.62. The molecule has 0 saturated heterocycles. The van der Waals surface area contributed by atoms with Gasteiger partial charge in [0.1, 0.15) is 10.5 Å². The van der Waals surface area contributed by atoms with E-state index in [1.807, 2.05) is 18.2 Å². The van der Waals surface area contributed by atoms with Crippen LogP contribution in [0.3, 0.4) is 0 Å². The van der Waals surface area contributed by atoms with Gasteiger partial charge in [-0.05, 0) is 25.1 Å². The van der Waals surface area contributed by atoms with Crippen molar-refractivity contribution in [2.45, 2.75) is 6.92 Å². The van der Waals surface area contributed by atoms with E-state index in [-0.39, 0.29) is 5.97 Å². The maximum absolute atomic E-state index is 11.7. The normalized spacial score (nSPS) is 11.2. The lowest BCUT2D eigenvalue weighted by molar-refractivity contribution is 0.0520. The van der Waals surface area contributed by atoms with Gasteiger partial charge in [-0.15, -0.1) is 11.3 Å². The average molecular weight is 324 g/mol. The summed E-state index contributed by atoms with van der Waals surface area (Å²) in [6.07, 6.45) is 0. The van der Waals surface area contributed by atoms with Crippen LogP contribution in [-0.4, -0.2) is 17.6 Å². The highest BCUT2D eigenvalue weighted by Crippen LogP contribution is 2.38. The molecule has 0 unspecified atom stereocenters. The van der Waals surface area contributed by atoms with E-state index >= 15 is 0 Å². The van der Waals surface area contributed by atoms with Crippen molar-refractivity contribution in [2.75, 3.05) is 6.61 Å². The van der Waals surface area contributed by atoms with Gasteiger partial charge in [-0.1, -0.05) is 22.0 Å². The third kappa shape index (κ3) is 1.74. The molecule has 0 aliphatic carbocycles. The van der Waals surface area contributed by atoms with E-state index in [0.29, 0.717) is 12.3 Å². The summed E-state index contributed by atoms with van der Waals surface area (Å²) < 4.78 is 7.23. The molecule has 0 saturated carbocycles. The minimum atomic E-state index is -0.305. The Balaban J connectivity index is 2.22. The molecular weight excluding hydrogens is 314 g/mol. The number of benzene rings is 1. The summed E-state index contributed by atoms with van der Waals surface area (Å²) >= 11 is 5.19. The Morgan fingerprint density at radius 2 is 2.33 bits per heavy atom. The van der Waals surface area contributed by atoms with Crippen LogP contribution in [0.1, 0.15) is 17.4 Å². The van der Waals surface area contributed by atoms with E-state index in [9.17, 15) is 4.79 Å². The lowest BCUT2D eigenvalue weighted by Gasteiger charge is -1.97. The number of esters is 1. The number of halogens is 1. The predicted molar refractivity (Wildman–Crippen MR) is 77.3 cm³/mol. The van der Waals surface area contributed by atoms with Crippen LogP contribution < -0.4 is 0 Å². The molecule has 1 aromatic carbocycles. The highest BCUT2D eigenvalue weighted by molar-refractivity contribution is 9.10. The van der Waals surface area contributed by atoms with Crippen LogP contribution in [0.5, 0.6) is 0 Å². The maximum atomic E-state index is 11.7. The van der Waals surface area contributed by atoms with E-state index in [0.717, 1.165) is 20.1 Å². The number of fused-ring (bicyclic) bond motifs is 3. The second-order valence-electron chi connectivity index (χ2n) is 3.86. The number of thiophene rings is 1. The molecule has 92 valence electrons. The number of aromatic amines is 1. The summed E-state index contributed by atoms with van der Waals surface area (Å²) in [5, 5.41) is 2.20. The van der Waals surface area contributed by atoms with Crippen molar-refractivity contribution in [2.24, 2.45) is 0 Å². The van der Waals surface area contributed by atoms with Crippen LogP contribution in [-0.2, 0) is 4.74 Å². The lowest BCUT2D eigenvalue weighted by Crippen LogP contribution is -2.04. The molecule has 0 spiro atoms. The number of hydrogen-bond donors (Lipinski definition) is 1. The summed E-state index contributed by atoms with van der Waals surface area (Å²) in [6.45, 7) is 2.19. The number of nitrogens with one attached hydrogen (secondary N) is 1. The minimum absolute atomic E-state index is 0.305. The fraction of sp³-hybridized carbons (Fsp3) is 0.154. The van der Waals surface area contributed by atoms with Gasteiger partial charge in [-0.25, -0.2) is 4.79 Å². The molecule has 0 fully saturated rings. The molecule has 5 heteroatoms. The second-order valence-corrected chi connectivity index (χ2v) is 5.77. The predicted octanol–water partition coefficient (Wildman–Crippen LogP) is 4.32. The van der Waals surface area contributed by atoms with Crippen molar-refractivity contribution in [3.05, 3.63) is 34.4 Å². The molecule has 0 radical (unpaired) electrons. The highest BCUT2D eigenvalue weighted by atomic mass is 79.9. The number of ether oxygens (including phenoxy) is 1. The molecule has 3 rings (SSSR count). The van der Waals surface area contributed by atoms with E-state index in [1.54, 1.807) is 18.3 Å². The number of H-pyrrole nitrogens is 1. The van der Waals surface area contributed by atoms with Crippen molar-refractivity contribution in [3.63, 3.8) is 0 Å². The van der Waals surface area contributed by atoms with Gasteiger partial charge in [0.2, 0.25) is 0 Å². The van der Waals surface area contributed by atoms with Crippen LogP contribution in [0.15, 0.2) is 28.7 Å². The van der Waals surface area contributed by atoms with Gasteiger partial charge >= 0.3 is 5.97 Å². The standard InChI is InChI=1S/C13H10BrNO2S/c1-2-17-13(16)9-6-7-11-8(14)4-3-5-10(11)18-12(7)15-9/h3-6,15H,2H2,1H3. The first kappa shape index (κ1) is 11.7. The first-order valence-corrected chi connectivity index (χ1v) is 7.18. The van der Waals surface area contributed by atoms with E-state index in [2.05, 4.69) is 27.0 Å². The third-order valence-corrected chi connectivity index (χ3v) is 4.48. The van der Waals surface area contributed by atoms with Gasteiger partial charge in [0, 0.05) is 19.9 Å². The average Bonchev–Trinajstić information content (AvgIpc) is 2.86. The largest absolute Gasteiger partial charge is 0.461 e. The van der Waals surface area contributed by atoms with E-state index in [1.165, 1.54) is 4.70 Å². The monoisotopic (exact) mass is 323 g/mol. The molecule has 3 nitrogen and oxygen atoms in total. The number of carbonyl (C=O) groups excluding carboxylic acids is 1. The fourth-order valence-electron chi connectivity index (χ4n) is 1.98. The number of rotatable bonds is 2. The molecule has 0 amide bonds. The SMILES string of the molecule is CCOC(=O)c1cc2c([nH]1)sc1cccc(Br)c12. The zero-order valence-corrected chi connectivity index (χ0v) is 12.0. The number of carbonyl (C=O) groups is 1. The van der Waals surface area contributed by atoms with Gasteiger partial charge in [-0.3, -0.25) is 0 Å². The molecular formula is C13H10BrNO2S. The Morgan fingerprint density at radius 1 is 1.50 bits per heavy atom. The quantitative estimate of drug-likeness (QED) is 0.713. The van der Waals surface area contributed by atoms with Gasteiger partial charge in [0.25, 0.3) is 0 Å². The first-order chi connectivity index (χ1) is 8.70. The third-order valence-electron chi connectivity index (χ3n) is 2.73. The minimum Gasteiger partial charge on any atom is -0.461 e. The molecule has 0 bridgehead atoms. The summed E-state index contributed by atoms with van der Waals surface area (Å²) in [5.74, 6) is -0.305. The second kappa shape index (κ2) is 4.40. The van der Waals surface area contributed by atoms with Crippen molar-refractivity contribution >= 4 is 53.5 Å². The molecule has 0 atom stereocenters. The van der Waals surface area contributed by atoms with Crippen LogP contribution in [0, 0.1) is 0 Å². The van der Waals surface area contributed by atoms with Crippen LogP contribution in [0.25, 0.3) is 20.3 Å². The van der Waals surface area contributed by atoms with Gasteiger partial charge < -0.3 is 9.72 Å². The summed E-state index contributed by atoms with van der Waals surface area (Å²) in [6, 6.07) is 7.94. The van der Waals surface area contributed by atoms with Gasteiger partial charge in [0.05, 0.1) is 6.61 Å². The van der Waals surface area contributed by atoms with Crippen LogP contribution in [0.2, 0.25) is 0 Å². The molecule has 0 aliphatic rings. The van der Waals surface area contributed by atoms with Crippen molar-refractivity contribution in [3.8, 4) is 0 Å². The van der Waals surface area contributed by atoms with Crippen LogP contribution in [0.4, 0.5) is 0 Å². The fourth-order valence-corrected chi connectivity index (χ4v) is 3.81. The van der Waals surface area contributed by atoms with Crippen molar-refractivity contribution < 1.29 is 9.53 Å². The van der Waals surface area contributed by atoms with Crippen molar-refractivity contribution in [1.29, 1.82) is 0 Å². The highest BCUT2D eigenvalue weighted by Gasteiger charge is 2.15.